The average Bonchev–Trinajstić information content (AvgIpc) is 2.12. The molecule has 2 nitrogen and oxygen atoms in total. The zero-order chi connectivity index (χ0) is 9.42. The van der Waals surface area contributed by atoms with Gasteiger partial charge in [0.25, 0.3) is 0 Å². The molecule has 0 bridgehead atoms. The minimum absolute atomic E-state index is 0.378. The van der Waals surface area contributed by atoms with Gasteiger partial charge in [0.2, 0.25) is 0 Å². The first-order valence-corrected chi connectivity index (χ1v) is 4.57. The van der Waals surface area contributed by atoms with E-state index in [1.165, 1.54) is 6.20 Å². The van der Waals surface area contributed by atoms with Gasteiger partial charge in [-0.15, -0.1) is 0 Å². The second-order valence-corrected chi connectivity index (χ2v) is 3.60. The van der Waals surface area contributed by atoms with Crippen molar-refractivity contribution in [3.05, 3.63) is 33.8 Å². The molecule has 2 rings (SSSR count). The third kappa shape index (κ3) is 1.57. The van der Waals surface area contributed by atoms with Gasteiger partial charge in [-0.3, -0.25) is 0 Å². The molecule has 0 unspecified atom stereocenters. The van der Waals surface area contributed by atoms with Crippen LogP contribution < -0.4 is 0 Å². The fourth-order valence-electron chi connectivity index (χ4n) is 1.04. The van der Waals surface area contributed by atoms with Crippen LogP contribution in [0.25, 0.3) is 10.8 Å². The summed E-state index contributed by atoms with van der Waals surface area (Å²) >= 11 is 17.4. The molecule has 0 atom stereocenters. The van der Waals surface area contributed by atoms with Gasteiger partial charge < -0.3 is 0 Å². The lowest BCUT2D eigenvalue weighted by Crippen LogP contribution is -1.83. The van der Waals surface area contributed by atoms with Crippen LogP contribution in [0.4, 0.5) is 0 Å². The van der Waals surface area contributed by atoms with Crippen LogP contribution in [0.5, 0.6) is 0 Å². The monoisotopic (exact) mass is 232 g/mol. The van der Waals surface area contributed by atoms with Crippen LogP contribution in [-0.2, 0) is 0 Å². The predicted octanol–water partition coefficient (Wildman–Crippen LogP) is 3.59. The summed E-state index contributed by atoms with van der Waals surface area (Å²) in [6, 6.07) is 1.66. The fourth-order valence-corrected chi connectivity index (χ4v) is 1.61. The van der Waals surface area contributed by atoms with Gasteiger partial charge in [0.15, 0.2) is 0 Å². The fraction of sp³-hybridized carbons (Fsp3) is 0. The van der Waals surface area contributed by atoms with Crippen LogP contribution in [0.3, 0.4) is 0 Å². The summed E-state index contributed by atoms with van der Waals surface area (Å²) in [5.41, 5.74) is 0. The summed E-state index contributed by atoms with van der Waals surface area (Å²) in [6.07, 6.45) is 3.04. The number of fused-ring (bicyclic) bond motifs is 1. The average molecular weight is 233 g/mol. The van der Waals surface area contributed by atoms with E-state index in [1.807, 2.05) is 0 Å². The standard InChI is InChI=1S/C8H3Cl3N2/c9-6-3-13-8(11)5-2-12-7(10)1-4(5)6/h1-3H. The molecule has 0 saturated carbocycles. The van der Waals surface area contributed by atoms with Gasteiger partial charge in [0.05, 0.1) is 5.02 Å². The molecule has 0 saturated heterocycles. The third-order valence-corrected chi connectivity index (χ3v) is 2.45. The number of rotatable bonds is 0. The van der Waals surface area contributed by atoms with Crippen molar-refractivity contribution in [2.24, 2.45) is 0 Å². The maximum Gasteiger partial charge on any atom is 0.138 e. The highest BCUT2D eigenvalue weighted by Gasteiger charge is 2.05. The number of aromatic nitrogens is 2. The molecule has 5 heteroatoms. The summed E-state index contributed by atoms with van der Waals surface area (Å²) < 4.78 is 0. The highest BCUT2D eigenvalue weighted by atomic mass is 35.5. The zero-order valence-corrected chi connectivity index (χ0v) is 8.53. The minimum atomic E-state index is 0.378. The van der Waals surface area contributed by atoms with Gasteiger partial charge in [-0.05, 0) is 6.07 Å². The van der Waals surface area contributed by atoms with Gasteiger partial charge in [-0.1, -0.05) is 34.8 Å². The van der Waals surface area contributed by atoms with E-state index in [0.29, 0.717) is 20.7 Å². The predicted molar refractivity (Wildman–Crippen MR) is 54.6 cm³/mol. The van der Waals surface area contributed by atoms with Crippen LogP contribution in [0.2, 0.25) is 15.3 Å². The normalized spacial score (nSPS) is 10.7. The van der Waals surface area contributed by atoms with Crippen molar-refractivity contribution in [2.75, 3.05) is 0 Å². The minimum Gasteiger partial charge on any atom is -0.244 e. The Hall–Kier alpha value is -0.570. The SMILES string of the molecule is Clc1cc2c(Cl)cnc(Cl)c2cn1. The van der Waals surface area contributed by atoms with E-state index in [9.17, 15) is 0 Å². The van der Waals surface area contributed by atoms with Gasteiger partial charge in [0.1, 0.15) is 10.3 Å². The Bertz CT molecular complexity index is 470. The maximum atomic E-state index is 5.89. The molecule has 0 aliphatic carbocycles. The third-order valence-electron chi connectivity index (χ3n) is 1.64. The van der Waals surface area contributed by atoms with E-state index >= 15 is 0 Å². The molecule has 2 aromatic heterocycles. The summed E-state index contributed by atoms with van der Waals surface area (Å²) in [5.74, 6) is 0. The van der Waals surface area contributed by atoms with Crippen molar-refractivity contribution in [3.8, 4) is 0 Å². The van der Waals surface area contributed by atoms with E-state index in [2.05, 4.69) is 9.97 Å². The Kier molecular flexibility index (Phi) is 2.28. The Morgan fingerprint density at radius 1 is 0.923 bits per heavy atom. The van der Waals surface area contributed by atoms with Gasteiger partial charge in [-0.25, -0.2) is 9.97 Å². The molecule has 2 aromatic rings. The van der Waals surface area contributed by atoms with Gasteiger partial charge in [0, 0.05) is 23.2 Å². The number of pyridine rings is 2. The lowest BCUT2D eigenvalue weighted by atomic mass is 10.2. The first-order valence-electron chi connectivity index (χ1n) is 3.44. The second-order valence-electron chi connectivity index (χ2n) is 2.45. The highest BCUT2D eigenvalue weighted by Crippen LogP contribution is 2.28. The Morgan fingerprint density at radius 3 is 2.46 bits per heavy atom. The molecule has 13 heavy (non-hydrogen) atoms. The molecule has 66 valence electrons. The molecule has 0 fully saturated rings. The molecule has 0 spiro atoms. The lowest BCUT2D eigenvalue weighted by molar-refractivity contribution is 1.32. The molecule has 0 N–H and O–H groups in total. The number of halogens is 3. The van der Waals surface area contributed by atoms with E-state index in [1.54, 1.807) is 12.3 Å². The summed E-state index contributed by atoms with van der Waals surface area (Å²) in [7, 11) is 0. The van der Waals surface area contributed by atoms with E-state index in [4.69, 9.17) is 34.8 Å². The molecular formula is C8H3Cl3N2. The first kappa shape index (κ1) is 9.00. The van der Waals surface area contributed by atoms with Crippen molar-refractivity contribution in [1.82, 2.24) is 9.97 Å². The maximum absolute atomic E-state index is 5.89. The molecule has 0 radical (unpaired) electrons. The van der Waals surface area contributed by atoms with Crippen molar-refractivity contribution < 1.29 is 0 Å². The summed E-state index contributed by atoms with van der Waals surface area (Å²) in [5, 5.41) is 2.75. The van der Waals surface area contributed by atoms with Crippen molar-refractivity contribution in [1.29, 1.82) is 0 Å². The summed E-state index contributed by atoms with van der Waals surface area (Å²) in [4.78, 5) is 7.78. The Morgan fingerprint density at radius 2 is 1.69 bits per heavy atom. The Labute approximate surface area is 89.5 Å². The number of nitrogens with zero attached hydrogens (tertiary/aromatic N) is 2. The molecule has 2 heterocycles. The van der Waals surface area contributed by atoms with Crippen molar-refractivity contribution in [2.45, 2.75) is 0 Å². The lowest BCUT2D eigenvalue weighted by Gasteiger charge is -2.00. The first-order chi connectivity index (χ1) is 6.18. The quantitative estimate of drug-likeness (QED) is 0.650. The molecule has 0 aliphatic heterocycles. The Balaban J connectivity index is 2.92. The van der Waals surface area contributed by atoms with Crippen LogP contribution in [0, 0.1) is 0 Å². The number of hydrogen-bond donors (Lipinski definition) is 0. The zero-order valence-electron chi connectivity index (χ0n) is 6.26. The van der Waals surface area contributed by atoms with Crippen LogP contribution >= 0.6 is 34.8 Å². The smallest absolute Gasteiger partial charge is 0.138 e. The highest BCUT2D eigenvalue weighted by molar-refractivity contribution is 6.39. The molecule has 0 aliphatic rings. The van der Waals surface area contributed by atoms with Crippen LogP contribution in [0.15, 0.2) is 18.5 Å². The van der Waals surface area contributed by atoms with Crippen molar-refractivity contribution in [3.63, 3.8) is 0 Å². The largest absolute Gasteiger partial charge is 0.244 e. The van der Waals surface area contributed by atoms with Gasteiger partial charge >= 0.3 is 0 Å². The van der Waals surface area contributed by atoms with Crippen molar-refractivity contribution >= 4 is 45.6 Å². The van der Waals surface area contributed by atoms with Gasteiger partial charge in [-0.2, -0.15) is 0 Å². The second kappa shape index (κ2) is 3.29. The topological polar surface area (TPSA) is 25.8 Å². The summed E-state index contributed by atoms with van der Waals surface area (Å²) in [6.45, 7) is 0. The van der Waals surface area contributed by atoms with Crippen LogP contribution in [0.1, 0.15) is 0 Å². The number of hydrogen-bond acceptors (Lipinski definition) is 2. The molecule has 0 amide bonds. The van der Waals surface area contributed by atoms with Crippen LogP contribution in [-0.4, -0.2) is 9.97 Å². The van der Waals surface area contributed by atoms with E-state index in [0.717, 1.165) is 5.39 Å². The van der Waals surface area contributed by atoms with E-state index < -0.39 is 0 Å². The van der Waals surface area contributed by atoms with E-state index in [-0.39, 0.29) is 0 Å². The molecular weight excluding hydrogens is 230 g/mol. The molecule has 0 aromatic carbocycles.